The van der Waals surface area contributed by atoms with E-state index in [1.165, 1.54) is 0 Å². The number of hydrogen-bond acceptors (Lipinski definition) is 6. The molecule has 1 saturated heterocycles. The van der Waals surface area contributed by atoms with Gasteiger partial charge in [0, 0.05) is 64.6 Å². The summed E-state index contributed by atoms with van der Waals surface area (Å²) >= 11 is 0. The van der Waals surface area contributed by atoms with E-state index in [-0.39, 0.29) is 24.0 Å². The van der Waals surface area contributed by atoms with E-state index in [4.69, 9.17) is 4.99 Å². The molecule has 2 aromatic heterocycles. The first kappa shape index (κ1) is 23.3. The van der Waals surface area contributed by atoms with E-state index in [0.717, 1.165) is 70.0 Å². The molecule has 1 fully saturated rings. The first-order valence-corrected chi connectivity index (χ1v) is 10.1. The van der Waals surface area contributed by atoms with Gasteiger partial charge in [0.15, 0.2) is 5.96 Å². The van der Waals surface area contributed by atoms with Gasteiger partial charge in [-0.05, 0) is 12.0 Å². The van der Waals surface area contributed by atoms with E-state index in [1.54, 1.807) is 18.7 Å². The fraction of sp³-hybridized carbons (Fsp3) is 0.632. The molecular formula is C19H32IN9. The Morgan fingerprint density at radius 3 is 2.55 bits per heavy atom. The maximum absolute atomic E-state index is 4.85. The van der Waals surface area contributed by atoms with Gasteiger partial charge in [0.05, 0.1) is 0 Å². The first-order valence-electron chi connectivity index (χ1n) is 10.1. The second kappa shape index (κ2) is 11.9. The number of piperazine rings is 1. The molecule has 1 aliphatic heterocycles. The molecule has 2 aromatic rings. The molecule has 0 atom stereocenters. The van der Waals surface area contributed by atoms with Gasteiger partial charge in [-0.1, -0.05) is 20.8 Å². The molecule has 160 valence electrons. The Balaban J connectivity index is 0.00000300. The number of hydrogen-bond donors (Lipinski definition) is 1. The number of guanidine groups is 1. The summed E-state index contributed by atoms with van der Waals surface area (Å²) in [4.78, 5) is 18.1. The zero-order valence-electron chi connectivity index (χ0n) is 17.5. The average molecular weight is 513 g/mol. The maximum atomic E-state index is 4.85. The third-order valence-corrected chi connectivity index (χ3v) is 4.67. The summed E-state index contributed by atoms with van der Waals surface area (Å²) in [7, 11) is 0. The second-order valence-corrected chi connectivity index (χ2v) is 7.30. The molecular weight excluding hydrogens is 481 g/mol. The Kier molecular flexibility index (Phi) is 9.55. The van der Waals surface area contributed by atoms with Crippen molar-refractivity contribution in [3.05, 3.63) is 30.6 Å². The van der Waals surface area contributed by atoms with Gasteiger partial charge in [-0.2, -0.15) is 0 Å². The molecule has 0 radical (unpaired) electrons. The lowest BCUT2D eigenvalue weighted by atomic mass is 10.2. The van der Waals surface area contributed by atoms with Crippen molar-refractivity contribution in [2.24, 2.45) is 10.9 Å². The molecule has 0 saturated carbocycles. The van der Waals surface area contributed by atoms with Crippen LogP contribution >= 0.6 is 24.0 Å². The second-order valence-electron chi connectivity index (χ2n) is 7.30. The van der Waals surface area contributed by atoms with Crippen molar-refractivity contribution in [3.8, 4) is 0 Å². The Morgan fingerprint density at radius 2 is 1.90 bits per heavy atom. The van der Waals surface area contributed by atoms with Gasteiger partial charge in [-0.15, -0.1) is 34.2 Å². The van der Waals surface area contributed by atoms with Crippen LogP contribution in [-0.4, -0.2) is 74.9 Å². The molecule has 1 aliphatic rings. The number of aliphatic imine (C=N–C) groups is 1. The lowest BCUT2D eigenvalue weighted by Gasteiger charge is -2.36. The van der Waals surface area contributed by atoms with Gasteiger partial charge in [-0.25, -0.2) is 9.97 Å². The van der Waals surface area contributed by atoms with E-state index >= 15 is 0 Å². The molecule has 0 amide bonds. The van der Waals surface area contributed by atoms with Crippen LogP contribution in [0.5, 0.6) is 0 Å². The number of nitrogens with zero attached hydrogens (tertiary/aromatic N) is 8. The number of rotatable bonds is 7. The first-order chi connectivity index (χ1) is 13.7. The van der Waals surface area contributed by atoms with Crippen molar-refractivity contribution in [1.29, 1.82) is 0 Å². The summed E-state index contributed by atoms with van der Waals surface area (Å²) in [6, 6.07) is 1.85. The number of nitrogens with one attached hydrogen (secondary N) is 1. The molecule has 3 heterocycles. The van der Waals surface area contributed by atoms with E-state index in [9.17, 15) is 0 Å². The number of halogens is 1. The van der Waals surface area contributed by atoms with Crippen molar-refractivity contribution in [2.45, 2.75) is 33.7 Å². The lowest BCUT2D eigenvalue weighted by Crippen LogP contribution is -2.53. The average Bonchev–Trinajstić information content (AvgIpc) is 3.19. The SMILES string of the molecule is CCc1nncn1CCNC(=NCC(C)C)N1CCN(c2ncccn2)CC1.I. The molecule has 10 heteroatoms. The van der Waals surface area contributed by atoms with E-state index in [0.29, 0.717) is 5.92 Å². The quantitative estimate of drug-likeness (QED) is 0.343. The highest BCUT2D eigenvalue weighted by atomic mass is 127. The maximum Gasteiger partial charge on any atom is 0.225 e. The summed E-state index contributed by atoms with van der Waals surface area (Å²) in [6.07, 6.45) is 6.27. The van der Waals surface area contributed by atoms with Crippen LogP contribution in [-0.2, 0) is 13.0 Å². The minimum atomic E-state index is 0. The molecule has 9 nitrogen and oxygen atoms in total. The van der Waals surface area contributed by atoms with Gasteiger partial charge >= 0.3 is 0 Å². The molecule has 0 aliphatic carbocycles. The highest BCUT2D eigenvalue weighted by Crippen LogP contribution is 2.10. The van der Waals surface area contributed by atoms with Crippen LogP contribution in [0.4, 0.5) is 5.95 Å². The Bertz CT molecular complexity index is 739. The zero-order chi connectivity index (χ0) is 19.8. The minimum Gasteiger partial charge on any atom is -0.354 e. The van der Waals surface area contributed by atoms with Gasteiger partial charge in [0.1, 0.15) is 12.2 Å². The normalized spacial score (nSPS) is 14.8. The summed E-state index contributed by atoms with van der Waals surface area (Å²) in [5, 5.41) is 11.7. The van der Waals surface area contributed by atoms with Crippen molar-refractivity contribution in [1.82, 2.24) is 34.9 Å². The summed E-state index contributed by atoms with van der Waals surface area (Å²) in [5.41, 5.74) is 0. The summed E-state index contributed by atoms with van der Waals surface area (Å²) < 4.78 is 2.09. The molecule has 3 rings (SSSR count). The monoisotopic (exact) mass is 513 g/mol. The van der Waals surface area contributed by atoms with E-state index in [1.807, 2.05) is 6.07 Å². The largest absolute Gasteiger partial charge is 0.354 e. The highest BCUT2D eigenvalue weighted by molar-refractivity contribution is 14.0. The number of aryl methyl sites for hydroxylation is 1. The van der Waals surface area contributed by atoms with Crippen LogP contribution in [0, 0.1) is 5.92 Å². The summed E-state index contributed by atoms with van der Waals surface area (Å²) in [6.45, 7) is 12.5. The zero-order valence-corrected chi connectivity index (χ0v) is 19.9. The highest BCUT2D eigenvalue weighted by Gasteiger charge is 2.21. The van der Waals surface area contributed by atoms with Crippen LogP contribution in [0.25, 0.3) is 0 Å². The van der Waals surface area contributed by atoms with Crippen LogP contribution in [0.1, 0.15) is 26.6 Å². The van der Waals surface area contributed by atoms with Crippen molar-refractivity contribution >= 4 is 35.9 Å². The molecule has 0 unspecified atom stereocenters. The van der Waals surface area contributed by atoms with Gasteiger partial charge in [0.25, 0.3) is 0 Å². The Hall–Kier alpha value is -1.98. The van der Waals surface area contributed by atoms with Crippen LogP contribution in [0.2, 0.25) is 0 Å². The third kappa shape index (κ3) is 6.79. The van der Waals surface area contributed by atoms with Crippen molar-refractivity contribution < 1.29 is 0 Å². The number of anilines is 1. The third-order valence-electron chi connectivity index (χ3n) is 4.67. The topological polar surface area (TPSA) is 87.4 Å². The van der Waals surface area contributed by atoms with Crippen LogP contribution in [0.15, 0.2) is 29.8 Å². The lowest BCUT2D eigenvalue weighted by molar-refractivity contribution is 0.367. The molecule has 29 heavy (non-hydrogen) atoms. The molecule has 0 spiro atoms. The summed E-state index contributed by atoms with van der Waals surface area (Å²) in [5.74, 6) is 3.32. The molecule has 1 N–H and O–H groups in total. The minimum absolute atomic E-state index is 0. The Labute approximate surface area is 190 Å². The fourth-order valence-electron chi connectivity index (χ4n) is 3.14. The molecule has 0 bridgehead atoms. The van der Waals surface area contributed by atoms with Gasteiger partial charge in [0.2, 0.25) is 5.95 Å². The van der Waals surface area contributed by atoms with Gasteiger partial charge in [-0.3, -0.25) is 4.99 Å². The van der Waals surface area contributed by atoms with E-state index in [2.05, 4.69) is 60.6 Å². The Morgan fingerprint density at radius 1 is 1.17 bits per heavy atom. The fourth-order valence-corrected chi connectivity index (χ4v) is 3.14. The predicted octanol–water partition coefficient (Wildman–Crippen LogP) is 1.67. The van der Waals surface area contributed by atoms with Crippen molar-refractivity contribution in [2.75, 3.05) is 44.2 Å². The van der Waals surface area contributed by atoms with Crippen molar-refractivity contribution in [3.63, 3.8) is 0 Å². The van der Waals surface area contributed by atoms with Gasteiger partial charge < -0.3 is 19.7 Å². The smallest absolute Gasteiger partial charge is 0.225 e. The van der Waals surface area contributed by atoms with Crippen LogP contribution < -0.4 is 10.2 Å². The molecule has 0 aromatic carbocycles. The predicted molar refractivity (Wildman–Crippen MR) is 126 cm³/mol. The van der Waals surface area contributed by atoms with Crippen LogP contribution in [0.3, 0.4) is 0 Å². The standard InChI is InChI=1S/C19H31N9.HI/c1-4-17-25-24-15-28(17)9-8-22-19(23-14-16(2)3)27-12-10-26(11-13-27)18-20-6-5-7-21-18;/h5-7,15-16H,4,8-14H2,1-3H3,(H,22,23);1H. The number of aromatic nitrogens is 5. The van der Waals surface area contributed by atoms with E-state index < -0.39 is 0 Å².